The van der Waals surface area contributed by atoms with Gasteiger partial charge in [0.1, 0.15) is 10.4 Å². The highest BCUT2D eigenvalue weighted by Crippen LogP contribution is 2.24. The number of aryl methyl sites for hydroxylation is 1. The number of hydrogen-bond acceptors (Lipinski definition) is 3. The van der Waals surface area contributed by atoms with E-state index in [0.29, 0.717) is 22.0 Å². The second kappa shape index (κ2) is 6.24. The highest BCUT2D eigenvalue weighted by Gasteiger charge is 2.13. The van der Waals surface area contributed by atoms with Crippen LogP contribution in [0.2, 0.25) is 5.02 Å². The first-order valence-electron chi connectivity index (χ1n) is 5.78. The van der Waals surface area contributed by atoms with Gasteiger partial charge in [0.2, 0.25) is 0 Å². The number of nitrogens with zero attached hydrogens (tertiary/aromatic N) is 1. The van der Waals surface area contributed by atoms with Gasteiger partial charge in [0.15, 0.2) is 0 Å². The van der Waals surface area contributed by atoms with E-state index in [0.717, 1.165) is 10.2 Å². The number of aromatic nitrogens is 1. The molecule has 1 aromatic carbocycles. The van der Waals surface area contributed by atoms with E-state index in [9.17, 15) is 4.79 Å². The van der Waals surface area contributed by atoms with Gasteiger partial charge in [-0.3, -0.25) is 4.79 Å². The molecular formula is C14H12BrClN2O2. The van der Waals surface area contributed by atoms with Gasteiger partial charge in [-0.2, -0.15) is 0 Å². The van der Waals surface area contributed by atoms with Crippen LogP contribution in [0.1, 0.15) is 15.9 Å². The number of ether oxygens (including phenoxy) is 1. The number of methoxy groups -OCH3 is 1. The van der Waals surface area contributed by atoms with Crippen LogP contribution in [0.5, 0.6) is 5.75 Å². The van der Waals surface area contributed by atoms with Crippen molar-refractivity contribution in [3.63, 3.8) is 0 Å². The number of benzene rings is 1. The molecule has 0 saturated heterocycles. The lowest BCUT2D eigenvalue weighted by Crippen LogP contribution is -2.13. The third kappa shape index (κ3) is 3.29. The maximum absolute atomic E-state index is 12.2. The molecule has 0 radical (unpaired) electrons. The van der Waals surface area contributed by atoms with Crippen LogP contribution < -0.4 is 10.1 Å². The van der Waals surface area contributed by atoms with Crippen molar-refractivity contribution >= 4 is 39.1 Å². The molecule has 0 aliphatic heterocycles. The molecule has 104 valence electrons. The van der Waals surface area contributed by atoms with Crippen LogP contribution in [0.15, 0.2) is 35.1 Å². The van der Waals surface area contributed by atoms with Crippen molar-refractivity contribution in [2.24, 2.45) is 0 Å². The Morgan fingerprint density at radius 3 is 2.80 bits per heavy atom. The molecule has 0 aliphatic rings. The maximum atomic E-state index is 12.2. The van der Waals surface area contributed by atoms with Gasteiger partial charge < -0.3 is 10.1 Å². The van der Waals surface area contributed by atoms with E-state index in [1.165, 1.54) is 7.11 Å². The largest absolute Gasteiger partial charge is 0.496 e. The molecule has 0 bridgehead atoms. The molecule has 0 spiro atoms. The summed E-state index contributed by atoms with van der Waals surface area (Å²) < 4.78 is 5.91. The number of pyridine rings is 1. The lowest BCUT2D eigenvalue weighted by atomic mass is 10.2. The predicted octanol–water partition coefficient (Wildman–Crippen LogP) is 4.07. The monoisotopic (exact) mass is 354 g/mol. The molecule has 1 N–H and O–H groups in total. The molecule has 6 heteroatoms. The van der Waals surface area contributed by atoms with Crippen molar-refractivity contribution in [3.05, 3.63) is 51.2 Å². The van der Waals surface area contributed by atoms with Crippen molar-refractivity contribution in [2.45, 2.75) is 6.92 Å². The first-order chi connectivity index (χ1) is 9.51. The molecule has 2 aromatic rings. The average molecular weight is 356 g/mol. The maximum Gasteiger partial charge on any atom is 0.259 e. The number of anilines is 1. The topological polar surface area (TPSA) is 51.2 Å². The first kappa shape index (κ1) is 14.8. The normalized spacial score (nSPS) is 10.2. The van der Waals surface area contributed by atoms with E-state index in [2.05, 4.69) is 26.2 Å². The Morgan fingerprint density at radius 2 is 2.15 bits per heavy atom. The number of carbonyl (C=O) groups excluding carboxylic acids is 1. The van der Waals surface area contributed by atoms with Gasteiger partial charge in [0.25, 0.3) is 5.91 Å². The van der Waals surface area contributed by atoms with Gasteiger partial charge in [-0.1, -0.05) is 11.6 Å². The molecule has 0 aliphatic carbocycles. The number of carbonyl (C=O) groups is 1. The Morgan fingerprint density at radius 1 is 1.40 bits per heavy atom. The summed E-state index contributed by atoms with van der Waals surface area (Å²) >= 11 is 9.18. The number of rotatable bonds is 3. The fraction of sp³-hybridized carbons (Fsp3) is 0.143. The van der Waals surface area contributed by atoms with Crippen LogP contribution in [0.3, 0.4) is 0 Å². The number of hydrogen-bond donors (Lipinski definition) is 1. The standard InChI is InChI=1S/C14H12BrClN2O2/c1-8-5-10(7-17-13(8)15)18-14(19)11-4-3-9(16)6-12(11)20-2/h3-7H,1-2H3,(H,18,19). The van der Waals surface area contributed by atoms with Crippen LogP contribution >= 0.6 is 27.5 Å². The van der Waals surface area contributed by atoms with Gasteiger partial charge in [-0.25, -0.2) is 4.98 Å². The summed E-state index contributed by atoms with van der Waals surface area (Å²) in [7, 11) is 1.49. The smallest absolute Gasteiger partial charge is 0.259 e. The van der Waals surface area contributed by atoms with Crippen molar-refractivity contribution in [2.75, 3.05) is 12.4 Å². The molecule has 0 fully saturated rings. The minimum absolute atomic E-state index is 0.276. The first-order valence-corrected chi connectivity index (χ1v) is 6.95. The lowest BCUT2D eigenvalue weighted by molar-refractivity contribution is 0.102. The van der Waals surface area contributed by atoms with E-state index in [4.69, 9.17) is 16.3 Å². The third-order valence-electron chi connectivity index (χ3n) is 2.68. The van der Waals surface area contributed by atoms with E-state index in [1.54, 1.807) is 24.4 Å². The van der Waals surface area contributed by atoms with E-state index >= 15 is 0 Å². The zero-order chi connectivity index (χ0) is 14.7. The minimum Gasteiger partial charge on any atom is -0.496 e. The third-order valence-corrected chi connectivity index (χ3v) is 3.75. The molecule has 1 heterocycles. The van der Waals surface area contributed by atoms with Crippen LogP contribution in [0.25, 0.3) is 0 Å². The molecule has 20 heavy (non-hydrogen) atoms. The Kier molecular flexibility index (Phi) is 4.62. The summed E-state index contributed by atoms with van der Waals surface area (Å²) in [5.74, 6) is 0.152. The molecule has 1 aromatic heterocycles. The molecule has 0 saturated carbocycles. The molecule has 0 unspecified atom stereocenters. The number of halogens is 2. The summed E-state index contributed by atoms with van der Waals surface area (Å²) in [6.45, 7) is 1.90. The van der Waals surface area contributed by atoms with E-state index < -0.39 is 0 Å². The molecular weight excluding hydrogens is 344 g/mol. The zero-order valence-corrected chi connectivity index (χ0v) is 13.2. The number of nitrogens with one attached hydrogen (secondary N) is 1. The fourth-order valence-electron chi connectivity index (χ4n) is 1.68. The number of amides is 1. The summed E-state index contributed by atoms with van der Waals surface area (Å²) in [5, 5.41) is 3.29. The van der Waals surface area contributed by atoms with Crippen molar-refractivity contribution < 1.29 is 9.53 Å². The van der Waals surface area contributed by atoms with E-state index in [1.807, 2.05) is 13.0 Å². The summed E-state index contributed by atoms with van der Waals surface area (Å²) in [6, 6.07) is 6.69. The van der Waals surface area contributed by atoms with Gasteiger partial charge >= 0.3 is 0 Å². The van der Waals surface area contributed by atoms with Crippen molar-refractivity contribution in [1.29, 1.82) is 0 Å². The lowest BCUT2D eigenvalue weighted by Gasteiger charge is -2.10. The highest BCUT2D eigenvalue weighted by molar-refractivity contribution is 9.10. The van der Waals surface area contributed by atoms with Crippen LogP contribution in [0, 0.1) is 6.92 Å². The molecule has 4 nitrogen and oxygen atoms in total. The predicted molar refractivity (Wildman–Crippen MR) is 82.6 cm³/mol. The summed E-state index contributed by atoms with van der Waals surface area (Å²) in [6.07, 6.45) is 1.58. The molecule has 1 amide bonds. The van der Waals surface area contributed by atoms with Crippen LogP contribution in [0.4, 0.5) is 5.69 Å². The van der Waals surface area contributed by atoms with Gasteiger partial charge in [-0.05, 0) is 52.7 Å². The van der Waals surface area contributed by atoms with Crippen molar-refractivity contribution in [1.82, 2.24) is 4.98 Å². The van der Waals surface area contributed by atoms with Gasteiger partial charge in [0.05, 0.1) is 24.6 Å². The SMILES string of the molecule is COc1cc(Cl)ccc1C(=O)Nc1cnc(Br)c(C)c1. The second-order valence-electron chi connectivity index (χ2n) is 4.13. The highest BCUT2D eigenvalue weighted by atomic mass is 79.9. The summed E-state index contributed by atoms with van der Waals surface area (Å²) in [4.78, 5) is 16.4. The Labute approximate surface area is 130 Å². The Bertz CT molecular complexity index is 662. The quantitative estimate of drug-likeness (QED) is 0.845. The van der Waals surface area contributed by atoms with Crippen molar-refractivity contribution in [3.8, 4) is 5.75 Å². The molecule has 2 rings (SSSR count). The Hall–Kier alpha value is -1.59. The van der Waals surface area contributed by atoms with Gasteiger partial charge in [0, 0.05) is 5.02 Å². The van der Waals surface area contributed by atoms with E-state index in [-0.39, 0.29) is 5.91 Å². The zero-order valence-electron chi connectivity index (χ0n) is 10.9. The second-order valence-corrected chi connectivity index (χ2v) is 5.32. The minimum atomic E-state index is -0.276. The van der Waals surface area contributed by atoms with Crippen LogP contribution in [-0.4, -0.2) is 18.0 Å². The van der Waals surface area contributed by atoms with Gasteiger partial charge in [-0.15, -0.1) is 0 Å². The summed E-state index contributed by atoms with van der Waals surface area (Å²) in [5.41, 5.74) is 1.97. The van der Waals surface area contributed by atoms with Crippen LogP contribution in [-0.2, 0) is 0 Å². The molecule has 0 atom stereocenters. The fourth-order valence-corrected chi connectivity index (χ4v) is 2.06. The average Bonchev–Trinajstić information content (AvgIpc) is 2.42. The Balaban J connectivity index is 2.25.